The van der Waals surface area contributed by atoms with E-state index in [1.54, 1.807) is 11.3 Å². The van der Waals surface area contributed by atoms with Crippen LogP contribution < -0.4 is 5.32 Å². The first kappa shape index (κ1) is 14.5. The predicted octanol–water partition coefficient (Wildman–Crippen LogP) is 2.44. The summed E-state index contributed by atoms with van der Waals surface area (Å²) in [6.45, 7) is 7.88. The van der Waals surface area contributed by atoms with Crippen molar-refractivity contribution < 1.29 is 4.79 Å². The fourth-order valence-electron chi connectivity index (χ4n) is 2.51. The maximum atomic E-state index is 11.9. The first-order chi connectivity index (χ1) is 9.08. The molecule has 2 heterocycles. The molecule has 1 aliphatic heterocycles. The number of hydrogen-bond donors (Lipinski definition) is 1. The first-order valence-corrected chi connectivity index (χ1v) is 7.89. The molecule has 5 heteroatoms. The molecule has 0 saturated carbocycles. The van der Waals surface area contributed by atoms with Crippen LogP contribution in [0.15, 0.2) is 11.7 Å². The maximum Gasteiger partial charge on any atom is 0.225 e. The van der Waals surface area contributed by atoms with E-state index in [9.17, 15) is 4.79 Å². The Labute approximate surface area is 119 Å². The average molecular weight is 281 g/mol. The van der Waals surface area contributed by atoms with Crippen molar-refractivity contribution in [3.8, 4) is 0 Å². The summed E-state index contributed by atoms with van der Waals surface area (Å²) >= 11 is 1.69. The third kappa shape index (κ3) is 3.76. The molecule has 1 N–H and O–H groups in total. The maximum absolute atomic E-state index is 11.9. The normalized spacial score (nSPS) is 18.8. The first-order valence-electron chi connectivity index (χ1n) is 7.01. The Morgan fingerprint density at radius 2 is 2.11 bits per heavy atom. The Morgan fingerprint density at radius 3 is 2.63 bits per heavy atom. The second-order valence-electron chi connectivity index (χ2n) is 5.55. The van der Waals surface area contributed by atoms with Gasteiger partial charge in [0, 0.05) is 42.2 Å². The van der Waals surface area contributed by atoms with Crippen molar-refractivity contribution in [1.29, 1.82) is 0 Å². The lowest BCUT2D eigenvalue weighted by atomic mass is 10.0. The van der Waals surface area contributed by atoms with Crippen LogP contribution in [0.1, 0.15) is 44.5 Å². The second-order valence-corrected chi connectivity index (χ2v) is 6.46. The summed E-state index contributed by atoms with van der Waals surface area (Å²) in [5.74, 6) is 0.398. The van der Waals surface area contributed by atoms with Gasteiger partial charge in [-0.1, -0.05) is 13.8 Å². The van der Waals surface area contributed by atoms with Crippen molar-refractivity contribution in [3.05, 3.63) is 16.6 Å². The highest BCUT2D eigenvalue weighted by Crippen LogP contribution is 2.20. The number of nitrogens with zero attached hydrogens (tertiary/aromatic N) is 2. The molecule has 106 valence electrons. The van der Waals surface area contributed by atoms with Gasteiger partial charge in [0.15, 0.2) is 0 Å². The fraction of sp³-hybridized carbons (Fsp3) is 0.714. The van der Waals surface area contributed by atoms with Gasteiger partial charge in [-0.15, -0.1) is 11.3 Å². The van der Waals surface area contributed by atoms with Crippen LogP contribution in [0.3, 0.4) is 0 Å². The molecule has 0 spiro atoms. The number of carbonyl (C=O) groups excluding carboxylic acids is 1. The molecule has 1 aromatic heterocycles. The van der Waals surface area contributed by atoms with E-state index in [-0.39, 0.29) is 11.8 Å². The van der Waals surface area contributed by atoms with Crippen molar-refractivity contribution >= 4 is 17.2 Å². The average Bonchev–Trinajstić information content (AvgIpc) is 2.92. The van der Waals surface area contributed by atoms with Crippen LogP contribution in [0.25, 0.3) is 0 Å². The van der Waals surface area contributed by atoms with Gasteiger partial charge in [-0.25, -0.2) is 0 Å². The van der Waals surface area contributed by atoms with Crippen LogP contribution >= 0.6 is 11.3 Å². The summed E-state index contributed by atoms with van der Waals surface area (Å²) in [6.07, 6.45) is 4.02. The van der Waals surface area contributed by atoms with E-state index in [1.165, 1.54) is 4.88 Å². The quantitative estimate of drug-likeness (QED) is 0.922. The molecule has 0 radical (unpaired) electrons. The summed E-state index contributed by atoms with van der Waals surface area (Å²) in [6, 6.07) is 0.859. The number of carbonyl (C=O) groups is 1. The van der Waals surface area contributed by atoms with E-state index < -0.39 is 0 Å². The monoisotopic (exact) mass is 281 g/mol. The van der Waals surface area contributed by atoms with Crippen LogP contribution in [0.5, 0.6) is 0 Å². The largest absolute Gasteiger partial charge is 0.342 e. The summed E-state index contributed by atoms with van der Waals surface area (Å²) in [7, 11) is 0. The number of thiazole rings is 1. The molecule has 4 nitrogen and oxygen atoms in total. The SMILES string of the molecule is CC(C)C(=O)N1CCC(NC(C)c2cncs2)CC1. The fourth-order valence-corrected chi connectivity index (χ4v) is 3.14. The van der Waals surface area contributed by atoms with Crippen molar-refractivity contribution in [3.63, 3.8) is 0 Å². The minimum absolute atomic E-state index is 0.112. The Balaban J connectivity index is 1.79. The zero-order valence-corrected chi connectivity index (χ0v) is 12.7. The Bertz CT molecular complexity index is 397. The molecule has 0 aliphatic carbocycles. The van der Waals surface area contributed by atoms with Crippen LogP contribution in [-0.2, 0) is 4.79 Å². The second kappa shape index (κ2) is 6.48. The summed E-state index contributed by atoms with van der Waals surface area (Å²) in [4.78, 5) is 19.3. The zero-order chi connectivity index (χ0) is 13.8. The van der Waals surface area contributed by atoms with Gasteiger partial charge < -0.3 is 10.2 Å². The van der Waals surface area contributed by atoms with E-state index >= 15 is 0 Å². The number of piperidine rings is 1. The lowest BCUT2D eigenvalue weighted by Crippen LogP contribution is -2.46. The molecule has 1 unspecified atom stereocenters. The molecule has 1 saturated heterocycles. The standard InChI is InChI=1S/C14H23N3OS/c1-10(2)14(18)17-6-4-12(5-7-17)16-11(3)13-8-15-9-19-13/h8-12,16H,4-7H2,1-3H3. The van der Waals surface area contributed by atoms with E-state index in [4.69, 9.17) is 0 Å². The molecule has 1 fully saturated rings. The van der Waals surface area contributed by atoms with Gasteiger partial charge in [0.2, 0.25) is 5.91 Å². The van der Waals surface area contributed by atoms with Crippen molar-refractivity contribution in [1.82, 2.24) is 15.2 Å². The van der Waals surface area contributed by atoms with Gasteiger partial charge >= 0.3 is 0 Å². The smallest absolute Gasteiger partial charge is 0.225 e. The van der Waals surface area contributed by atoms with Crippen LogP contribution in [0.2, 0.25) is 0 Å². The number of aromatic nitrogens is 1. The van der Waals surface area contributed by atoms with Gasteiger partial charge in [-0.05, 0) is 19.8 Å². The third-order valence-electron chi connectivity index (χ3n) is 3.66. The number of hydrogen-bond acceptors (Lipinski definition) is 4. The van der Waals surface area contributed by atoms with Crippen molar-refractivity contribution in [2.75, 3.05) is 13.1 Å². The number of amides is 1. The Kier molecular flexibility index (Phi) is 4.93. The minimum atomic E-state index is 0.112. The Hall–Kier alpha value is -0.940. The number of nitrogens with one attached hydrogen (secondary N) is 1. The predicted molar refractivity (Wildman–Crippen MR) is 78.1 cm³/mol. The van der Waals surface area contributed by atoms with Gasteiger partial charge in [-0.3, -0.25) is 9.78 Å². The summed E-state index contributed by atoms with van der Waals surface area (Å²) < 4.78 is 0. The van der Waals surface area contributed by atoms with Crippen LogP contribution in [0, 0.1) is 5.92 Å². The molecular formula is C14H23N3OS. The Morgan fingerprint density at radius 1 is 1.42 bits per heavy atom. The lowest BCUT2D eigenvalue weighted by molar-refractivity contribution is -0.135. The third-order valence-corrected chi connectivity index (χ3v) is 4.62. The van der Waals surface area contributed by atoms with E-state index in [0.29, 0.717) is 12.1 Å². The van der Waals surface area contributed by atoms with Crippen molar-refractivity contribution in [2.24, 2.45) is 5.92 Å². The van der Waals surface area contributed by atoms with Crippen LogP contribution in [0.4, 0.5) is 0 Å². The van der Waals surface area contributed by atoms with E-state index in [0.717, 1.165) is 25.9 Å². The lowest BCUT2D eigenvalue weighted by Gasteiger charge is -2.34. The molecule has 19 heavy (non-hydrogen) atoms. The molecule has 2 rings (SSSR count). The van der Waals surface area contributed by atoms with Gasteiger partial charge in [0.1, 0.15) is 0 Å². The highest BCUT2D eigenvalue weighted by atomic mass is 32.1. The van der Waals surface area contributed by atoms with Gasteiger partial charge in [-0.2, -0.15) is 0 Å². The molecule has 1 amide bonds. The molecule has 1 aliphatic rings. The molecule has 1 atom stereocenters. The van der Waals surface area contributed by atoms with E-state index in [1.807, 2.05) is 30.5 Å². The highest BCUT2D eigenvalue weighted by Gasteiger charge is 2.25. The van der Waals surface area contributed by atoms with Gasteiger partial charge in [0.25, 0.3) is 0 Å². The topological polar surface area (TPSA) is 45.2 Å². The summed E-state index contributed by atoms with van der Waals surface area (Å²) in [5, 5.41) is 3.64. The molecule has 0 bridgehead atoms. The molecular weight excluding hydrogens is 258 g/mol. The van der Waals surface area contributed by atoms with Crippen LogP contribution in [-0.4, -0.2) is 34.9 Å². The molecule has 0 aromatic carbocycles. The minimum Gasteiger partial charge on any atom is -0.342 e. The molecule has 1 aromatic rings. The number of rotatable bonds is 4. The zero-order valence-electron chi connectivity index (χ0n) is 11.9. The van der Waals surface area contributed by atoms with E-state index in [2.05, 4.69) is 17.2 Å². The number of likely N-dealkylation sites (tertiary alicyclic amines) is 1. The van der Waals surface area contributed by atoms with Gasteiger partial charge in [0.05, 0.1) is 5.51 Å². The summed E-state index contributed by atoms with van der Waals surface area (Å²) in [5.41, 5.74) is 1.87. The van der Waals surface area contributed by atoms with Crippen molar-refractivity contribution in [2.45, 2.75) is 45.7 Å². The highest BCUT2D eigenvalue weighted by molar-refractivity contribution is 7.09.